The quantitative estimate of drug-likeness (QED) is 0.580. The molecule has 80 valence electrons. The number of hydrogen-bond donors (Lipinski definition) is 1. The van der Waals surface area contributed by atoms with Gasteiger partial charge in [0.1, 0.15) is 13.7 Å². The van der Waals surface area contributed by atoms with Gasteiger partial charge < -0.3 is 5.11 Å². The van der Waals surface area contributed by atoms with Gasteiger partial charge in [-0.3, -0.25) is 4.98 Å². The second kappa shape index (κ2) is 4.17. The summed E-state index contributed by atoms with van der Waals surface area (Å²) in [6.07, 6.45) is 3.33. The fourth-order valence-electron chi connectivity index (χ4n) is 1.06. The molecule has 0 bridgehead atoms. The molecule has 1 N–H and O–H groups in total. The van der Waals surface area contributed by atoms with E-state index in [-0.39, 0.29) is 0 Å². The first-order valence-corrected chi connectivity index (χ1v) is 8.48. The third-order valence-electron chi connectivity index (χ3n) is 1.92. The van der Waals surface area contributed by atoms with Crippen LogP contribution in [-0.2, 0) is 5.60 Å². The van der Waals surface area contributed by atoms with Crippen molar-refractivity contribution in [1.29, 1.82) is 0 Å². The van der Waals surface area contributed by atoms with Crippen molar-refractivity contribution in [1.82, 2.24) is 4.98 Å². The summed E-state index contributed by atoms with van der Waals surface area (Å²) < 4.78 is 0. The molecule has 1 heterocycles. The maximum Gasteiger partial charge on any atom is 0.147 e. The van der Waals surface area contributed by atoms with Crippen LogP contribution in [0.25, 0.3) is 0 Å². The van der Waals surface area contributed by atoms with Crippen LogP contribution in [-0.4, -0.2) is 18.2 Å². The molecule has 0 saturated carbocycles. The van der Waals surface area contributed by atoms with Gasteiger partial charge in [-0.15, -0.1) is 5.54 Å². The van der Waals surface area contributed by atoms with Crippen LogP contribution >= 0.6 is 0 Å². The lowest BCUT2D eigenvalue weighted by Gasteiger charge is -2.17. The summed E-state index contributed by atoms with van der Waals surface area (Å²) >= 11 is 0. The van der Waals surface area contributed by atoms with Crippen LogP contribution in [0.3, 0.4) is 0 Å². The topological polar surface area (TPSA) is 33.1 Å². The van der Waals surface area contributed by atoms with E-state index in [4.69, 9.17) is 0 Å². The molecule has 0 amide bonds. The van der Waals surface area contributed by atoms with Crippen molar-refractivity contribution < 1.29 is 5.11 Å². The molecule has 1 atom stereocenters. The highest BCUT2D eigenvalue weighted by molar-refractivity contribution is 6.83. The standard InChI is InChI=1S/C12H17NOSi/c1-12(14,7-10-15(2,3)4)11-5-8-13-9-6-11/h5-6,8-9,14H,1-4H3. The molecule has 1 rings (SSSR count). The van der Waals surface area contributed by atoms with Gasteiger partial charge >= 0.3 is 0 Å². The van der Waals surface area contributed by atoms with E-state index < -0.39 is 13.7 Å². The summed E-state index contributed by atoms with van der Waals surface area (Å²) in [5.74, 6) is 2.95. The zero-order valence-corrected chi connectivity index (χ0v) is 10.7. The van der Waals surface area contributed by atoms with Crippen LogP contribution < -0.4 is 0 Å². The molecule has 1 unspecified atom stereocenters. The lowest BCUT2D eigenvalue weighted by molar-refractivity contribution is 0.122. The van der Waals surface area contributed by atoms with Crippen molar-refractivity contribution in [3.8, 4) is 11.5 Å². The van der Waals surface area contributed by atoms with E-state index in [1.807, 2.05) is 0 Å². The van der Waals surface area contributed by atoms with Crippen molar-refractivity contribution in [3.63, 3.8) is 0 Å². The summed E-state index contributed by atoms with van der Waals surface area (Å²) in [7, 11) is -1.44. The highest BCUT2D eigenvalue weighted by Gasteiger charge is 2.20. The molecule has 0 aliphatic carbocycles. The van der Waals surface area contributed by atoms with Gasteiger partial charge in [-0.2, -0.15) is 0 Å². The van der Waals surface area contributed by atoms with Crippen LogP contribution in [0.4, 0.5) is 0 Å². The number of pyridine rings is 1. The van der Waals surface area contributed by atoms with Gasteiger partial charge in [-0.25, -0.2) is 0 Å². The van der Waals surface area contributed by atoms with Crippen molar-refractivity contribution in [2.75, 3.05) is 0 Å². The molecule has 0 aromatic carbocycles. The first-order valence-electron chi connectivity index (χ1n) is 4.98. The average Bonchev–Trinajstić information content (AvgIpc) is 2.16. The highest BCUT2D eigenvalue weighted by Crippen LogP contribution is 2.18. The number of hydrogen-bond acceptors (Lipinski definition) is 2. The zero-order valence-electron chi connectivity index (χ0n) is 9.70. The van der Waals surface area contributed by atoms with Crippen molar-refractivity contribution in [2.24, 2.45) is 0 Å². The Labute approximate surface area is 92.4 Å². The van der Waals surface area contributed by atoms with Crippen LogP contribution in [0, 0.1) is 11.5 Å². The Kier molecular flexibility index (Phi) is 3.33. The molecule has 3 heteroatoms. The highest BCUT2D eigenvalue weighted by atomic mass is 28.3. The Morgan fingerprint density at radius 1 is 1.27 bits per heavy atom. The molecule has 0 radical (unpaired) electrons. The minimum atomic E-state index is -1.44. The van der Waals surface area contributed by atoms with Gasteiger partial charge in [0.15, 0.2) is 0 Å². The first-order chi connectivity index (χ1) is 6.81. The Hall–Kier alpha value is -1.11. The van der Waals surface area contributed by atoms with Crippen molar-refractivity contribution in [2.45, 2.75) is 32.2 Å². The predicted molar refractivity (Wildman–Crippen MR) is 64.9 cm³/mol. The van der Waals surface area contributed by atoms with Gasteiger partial charge in [0.25, 0.3) is 0 Å². The molecule has 15 heavy (non-hydrogen) atoms. The van der Waals surface area contributed by atoms with Gasteiger partial charge in [-0.1, -0.05) is 25.6 Å². The average molecular weight is 219 g/mol. The van der Waals surface area contributed by atoms with E-state index in [1.54, 1.807) is 31.5 Å². The molecule has 0 spiro atoms. The second-order valence-corrected chi connectivity index (χ2v) is 9.56. The number of aromatic nitrogens is 1. The largest absolute Gasteiger partial charge is 0.374 e. The molecular formula is C12H17NOSi. The lowest BCUT2D eigenvalue weighted by Crippen LogP contribution is -2.22. The molecule has 0 aliphatic rings. The van der Waals surface area contributed by atoms with E-state index in [2.05, 4.69) is 36.1 Å². The summed E-state index contributed by atoms with van der Waals surface area (Å²) in [5.41, 5.74) is 2.91. The maximum atomic E-state index is 10.2. The van der Waals surface area contributed by atoms with E-state index in [0.29, 0.717) is 0 Å². The maximum absolute atomic E-state index is 10.2. The van der Waals surface area contributed by atoms with Gasteiger partial charge in [0.2, 0.25) is 0 Å². The number of nitrogens with zero attached hydrogens (tertiary/aromatic N) is 1. The van der Waals surface area contributed by atoms with E-state index in [1.165, 1.54) is 0 Å². The Bertz CT molecular complexity index is 382. The number of aliphatic hydroxyl groups is 1. The zero-order chi connectivity index (χ0) is 11.5. The van der Waals surface area contributed by atoms with E-state index in [9.17, 15) is 5.11 Å². The second-order valence-electron chi connectivity index (χ2n) is 4.81. The van der Waals surface area contributed by atoms with Gasteiger partial charge in [0.05, 0.1) is 0 Å². The van der Waals surface area contributed by atoms with Crippen LogP contribution in [0.1, 0.15) is 12.5 Å². The van der Waals surface area contributed by atoms with E-state index >= 15 is 0 Å². The molecular weight excluding hydrogens is 202 g/mol. The molecule has 2 nitrogen and oxygen atoms in total. The molecule has 0 aliphatic heterocycles. The monoisotopic (exact) mass is 219 g/mol. The lowest BCUT2D eigenvalue weighted by atomic mass is 9.99. The van der Waals surface area contributed by atoms with E-state index in [0.717, 1.165) is 5.56 Å². The first kappa shape index (κ1) is 12.0. The van der Waals surface area contributed by atoms with Crippen LogP contribution in [0.5, 0.6) is 0 Å². The Balaban J connectivity index is 2.98. The third-order valence-corrected chi connectivity index (χ3v) is 2.80. The fourth-order valence-corrected chi connectivity index (χ4v) is 1.68. The smallest absolute Gasteiger partial charge is 0.147 e. The summed E-state index contributed by atoms with van der Waals surface area (Å²) in [6.45, 7) is 8.18. The van der Waals surface area contributed by atoms with Crippen molar-refractivity contribution >= 4 is 8.07 Å². The minimum absolute atomic E-state index is 0.795. The summed E-state index contributed by atoms with van der Waals surface area (Å²) in [4.78, 5) is 3.92. The van der Waals surface area contributed by atoms with Gasteiger partial charge in [-0.05, 0) is 24.6 Å². The van der Waals surface area contributed by atoms with Crippen molar-refractivity contribution in [3.05, 3.63) is 30.1 Å². The predicted octanol–water partition coefficient (Wildman–Crippen LogP) is 2.17. The molecule has 0 fully saturated rings. The van der Waals surface area contributed by atoms with Crippen LogP contribution in [0.2, 0.25) is 19.6 Å². The fraction of sp³-hybridized carbons (Fsp3) is 0.417. The number of rotatable bonds is 1. The Morgan fingerprint density at radius 2 is 1.80 bits per heavy atom. The Morgan fingerprint density at radius 3 is 2.27 bits per heavy atom. The summed E-state index contributed by atoms with van der Waals surface area (Å²) in [6, 6.07) is 3.58. The molecule has 1 aromatic heterocycles. The van der Waals surface area contributed by atoms with Crippen LogP contribution in [0.15, 0.2) is 24.5 Å². The third kappa shape index (κ3) is 3.86. The normalized spacial score (nSPS) is 15.0. The molecule has 1 aromatic rings. The summed E-state index contributed by atoms with van der Waals surface area (Å²) in [5, 5.41) is 10.2. The molecule has 0 saturated heterocycles. The van der Waals surface area contributed by atoms with Gasteiger partial charge in [0, 0.05) is 12.4 Å². The SMILES string of the molecule is CC(O)(C#C[Si](C)(C)C)c1ccncc1. The minimum Gasteiger partial charge on any atom is -0.374 e.